The van der Waals surface area contributed by atoms with Crippen molar-refractivity contribution in [2.75, 3.05) is 19.6 Å². The summed E-state index contributed by atoms with van der Waals surface area (Å²) in [4.78, 5) is 26.4. The Morgan fingerprint density at radius 1 is 1.18 bits per heavy atom. The van der Waals surface area contributed by atoms with Crippen molar-refractivity contribution in [2.24, 2.45) is 5.92 Å². The molecule has 1 aliphatic rings. The lowest BCUT2D eigenvalue weighted by atomic mass is 9.96. The molecular weight excluding hydrogens is 352 g/mol. The molecule has 0 aliphatic carbocycles. The van der Waals surface area contributed by atoms with Crippen LogP contribution < -0.4 is 5.32 Å². The van der Waals surface area contributed by atoms with Crippen molar-refractivity contribution in [3.63, 3.8) is 0 Å². The van der Waals surface area contributed by atoms with Gasteiger partial charge in [-0.25, -0.2) is 0 Å². The Kier molecular flexibility index (Phi) is 7.06. The van der Waals surface area contributed by atoms with Gasteiger partial charge in [-0.3, -0.25) is 9.59 Å². The Bertz CT molecular complexity index is 786. The summed E-state index contributed by atoms with van der Waals surface area (Å²) >= 11 is 0. The second-order valence-corrected chi connectivity index (χ2v) is 7.27. The van der Waals surface area contributed by atoms with Gasteiger partial charge in [0.25, 0.3) is 5.91 Å². The van der Waals surface area contributed by atoms with Gasteiger partial charge in [0.2, 0.25) is 5.91 Å². The molecule has 1 aromatic carbocycles. The van der Waals surface area contributed by atoms with E-state index >= 15 is 0 Å². The number of rotatable bonds is 7. The minimum absolute atomic E-state index is 0.00561. The Balaban J connectivity index is 1.40. The highest BCUT2D eigenvalue weighted by molar-refractivity contribution is 5.94. The van der Waals surface area contributed by atoms with Crippen LogP contribution in [-0.4, -0.2) is 36.3 Å². The third-order valence-electron chi connectivity index (χ3n) is 5.17. The van der Waals surface area contributed by atoms with E-state index in [1.807, 2.05) is 35.2 Å². The van der Waals surface area contributed by atoms with Gasteiger partial charge >= 0.3 is 0 Å². The van der Waals surface area contributed by atoms with Crippen LogP contribution >= 0.6 is 0 Å². The van der Waals surface area contributed by atoms with Gasteiger partial charge in [-0.15, -0.1) is 0 Å². The molecule has 0 saturated carbocycles. The van der Waals surface area contributed by atoms with E-state index in [0.717, 1.165) is 25.7 Å². The zero-order valence-corrected chi connectivity index (χ0v) is 16.4. The van der Waals surface area contributed by atoms with Crippen molar-refractivity contribution in [3.05, 3.63) is 65.6 Å². The first-order valence-electron chi connectivity index (χ1n) is 10.0. The smallest absolute Gasteiger partial charge is 0.251 e. The fourth-order valence-corrected chi connectivity index (χ4v) is 3.45. The van der Waals surface area contributed by atoms with E-state index in [1.165, 1.54) is 5.56 Å². The van der Waals surface area contributed by atoms with Crippen LogP contribution in [0.15, 0.2) is 53.2 Å². The number of hydrogen-bond acceptors (Lipinski definition) is 3. The number of furan rings is 1. The van der Waals surface area contributed by atoms with Crippen LogP contribution in [0, 0.1) is 5.92 Å². The summed E-state index contributed by atoms with van der Waals surface area (Å²) in [7, 11) is 0. The van der Waals surface area contributed by atoms with Gasteiger partial charge in [-0.1, -0.05) is 25.5 Å². The molecule has 1 aliphatic heterocycles. The average Bonchev–Trinajstić information content (AvgIpc) is 3.25. The summed E-state index contributed by atoms with van der Waals surface area (Å²) in [5, 5.41) is 3.04. The van der Waals surface area contributed by atoms with Gasteiger partial charge in [0, 0.05) is 31.3 Å². The van der Waals surface area contributed by atoms with Gasteiger partial charge in [-0.2, -0.15) is 0 Å². The first kappa shape index (κ1) is 19.9. The predicted octanol–water partition coefficient (Wildman–Crippen LogP) is 3.91. The fourth-order valence-electron chi connectivity index (χ4n) is 3.45. The van der Waals surface area contributed by atoms with Crippen molar-refractivity contribution in [2.45, 2.75) is 32.6 Å². The molecule has 1 fully saturated rings. The van der Waals surface area contributed by atoms with Crippen molar-refractivity contribution >= 4 is 17.9 Å². The maximum absolute atomic E-state index is 12.3. The number of hydrogen-bond donors (Lipinski definition) is 1. The van der Waals surface area contributed by atoms with E-state index in [0.29, 0.717) is 36.9 Å². The fraction of sp³-hybridized carbons (Fsp3) is 0.391. The number of aryl methyl sites for hydroxylation is 1. The quantitative estimate of drug-likeness (QED) is 0.741. The van der Waals surface area contributed by atoms with E-state index < -0.39 is 0 Å². The topological polar surface area (TPSA) is 62.6 Å². The first-order chi connectivity index (χ1) is 13.7. The molecule has 2 aromatic rings. The summed E-state index contributed by atoms with van der Waals surface area (Å²) < 4.78 is 5.20. The molecule has 0 unspecified atom stereocenters. The predicted molar refractivity (Wildman–Crippen MR) is 110 cm³/mol. The second kappa shape index (κ2) is 9.93. The van der Waals surface area contributed by atoms with Crippen LogP contribution in [0.5, 0.6) is 0 Å². The van der Waals surface area contributed by atoms with E-state index in [2.05, 4.69) is 12.2 Å². The number of nitrogens with one attached hydrogen (secondary N) is 1. The molecule has 5 nitrogen and oxygen atoms in total. The normalized spacial score (nSPS) is 15.1. The zero-order valence-electron chi connectivity index (χ0n) is 16.4. The molecule has 148 valence electrons. The first-order valence-corrected chi connectivity index (χ1v) is 10.0. The Morgan fingerprint density at radius 2 is 1.93 bits per heavy atom. The van der Waals surface area contributed by atoms with E-state index in [9.17, 15) is 9.59 Å². The molecule has 5 heteroatoms. The van der Waals surface area contributed by atoms with Crippen LogP contribution in [0.4, 0.5) is 0 Å². The van der Waals surface area contributed by atoms with E-state index in [4.69, 9.17) is 4.42 Å². The third-order valence-corrected chi connectivity index (χ3v) is 5.17. The molecule has 28 heavy (non-hydrogen) atoms. The van der Waals surface area contributed by atoms with Gasteiger partial charge in [-0.05, 0) is 61.1 Å². The third kappa shape index (κ3) is 5.59. The number of likely N-dealkylation sites (tertiary alicyclic amines) is 1. The molecule has 1 N–H and O–H groups in total. The number of carbonyl (C=O) groups is 2. The summed E-state index contributed by atoms with van der Waals surface area (Å²) in [6.07, 6.45) is 8.78. The van der Waals surface area contributed by atoms with Crippen LogP contribution in [0.3, 0.4) is 0 Å². The van der Waals surface area contributed by atoms with Gasteiger partial charge in [0.15, 0.2) is 0 Å². The lowest BCUT2D eigenvalue weighted by Gasteiger charge is -2.31. The van der Waals surface area contributed by atoms with Crippen LogP contribution in [0.2, 0.25) is 0 Å². The Labute approximate surface area is 166 Å². The molecule has 0 bridgehead atoms. The summed E-state index contributed by atoms with van der Waals surface area (Å²) in [5.41, 5.74) is 1.97. The van der Waals surface area contributed by atoms with Gasteiger partial charge < -0.3 is 14.6 Å². The molecule has 3 rings (SSSR count). The largest absolute Gasteiger partial charge is 0.465 e. The van der Waals surface area contributed by atoms with E-state index in [1.54, 1.807) is 24.5 Å². The Morgan fingerprint density at radius 3 is 2.57 bits per heavy atom. The van der Waals surface area contributed by atoms with Crippen molar-refractivity contribution < 1.29 is 14.0 Å². The molecule has 1 aromatic heterocycles. The van der Waals surface area contributed by atoms with Crippen LogP contribution in [-0.2, 0) is 11.2 Å². The van der Waals surface area contributed by atoms with Gasteiger partial charge in [0.05, 0.1) is 6.26 Å². The monoisotopic (exact) mass is 380 g/mol. The Hall–Kier alpha value is -2.82. The van der Waals surface area contributed by atoms with Crippen molar-refractivity contribution in [1.82, 2.24) is 10.2 Å². The summed E-state index contributed by atoms with van der Waals surface area (Å²) in [6.45, 7) is 4.23. The number of amides is 2. The van der Waals surface area contributed by atoms with Gasteiger partial charge in [0.1, 0.15) is 5.76 Å². The molecule has 0 radical (unpaired) electrons. The molecule has 2 heterocycles. The number of benzene rings is 1. The highest BCUT2D eigenvalue weighted by Crippen LogP contribution is 2.17. The summed E-state index contributed by atoms with van der Waals surface area (Å²) in [5.74, 6) is 1.06. The maximum Gasteiger partial charge on any atom is 0.251 e. The van der Waals surface area contributed by atoms with E-state index in [-0.39, 0.29) is 11.8 Å². The lowest BCUT2D eigenvalue weighted by Crippen LogP contribution is -2.40. The SMILES string of the molecule is CCCc1ccc(C(=O)NCC2CCN(C(=O)/C=C/c3ccco3)CC2)cc1. The van der Waals surface area contributed by atoms with Crippen LogP contribution in [0.1, 0.15) is 47.9 Å². The van der Waals surface area contributed by atoms with Crippen molar-refractivity contribution in [3.8, 4) is 0 Å². The molecule has 0 spiro atoms. The molecule has 0 atom stereocenters. The number of piperidine rings is 1. The maximum atomic E-state index is 12.3. The standard InChI is InChI=1S/C23H28N2O3/c1-2-4-18-6-8-20(9-7-18)23(27)24-17-19-12-14-25(15-13-19)22(26)11-10-21-5-3-16-28-21/h3,5-11,16,19H,2,4,12-15,17H2,1H3,(H,24,27)/b11-10+. The highest BCUT2D eigenvalue weighted by Gasteiger charge is 2.22. The zero-order chi connectivity index (χ0) is 19.8. The molecule has 2 amide bonds. The molecular formula is C23H28N2O3. The number of carbonyl (C=O) groups excluding carboxylic acids is 2. The van der Waals surface area contributed by atoms with Crippen LogP contribution in [0.25, 0.3) is 6.08 Å². The summed E-state index contributed by atoms with van der Waals surface area (Å²) in [6, 6.07) is 11.5. The minimum atomic E-state index is -0.0251. The molecule has 1 saturated heterocycles. The second-order valence-electron chi connectivity index (χ2n) is 7.27. The van der Waals surface area contributed by atoms with Crippen molar-refractivity contribution in [1.29, 1.82) is 0 Å². The number of nitrogens with zero attached hydrogens (tertiary/aromatic N) is 1. The highest BCUT2D eigenvalue weighted by atomic mass is 16.3. The lowest BCUT2D eigenvalue weighted by molar-refractivity contribution is -0.127. The minimum Gasteiger partial charge on any atom is -0.465 e. The average molecular weight is 380 g/mol.